The molecule has 0 fully saturated rings. The largest absolute Gasteiger partial charge is 0.573 e. The van der Waals surface area contributed by atoms with Crippen molar-refractivity contribution in [3.05, 3.63) is 34.4 Å². The van der Waals surface area contributed by atoms with Crippen molar-refractivity contribution >= 4 is 5.82 Å². The van der Waals surface area contributed by atoms with Gasteiger partial charge in [-0.1, -0.05) is 0 Å². The van der Waals surface area contributed by atoms with Gasteiger partial charge in [-0.3, -0.25) is 4.57 Å². The fourth-order valence-corrected chi connectivity index (χ4v) is 2.38. The second-order valence-electron chi connectivity index (χ2n) is 4.93. The Kier molecular flexibility index (Phi) is 3.38. The summed E-state index contributed by atoms with van der Waals surface area (Å²) in [4.78, 5) is 14.3. The number of rotatable bonds is 3. The van der Waals surface area contributed by atoms with Gasteiger partial charge in [0.25, 0.3) is 0 Å². The Bertz CT molecular complexity index is 755. The summed E-state index contributed by atoms with van der Waals surface area (Å²) in [6.07, 6.45) is -4.99. The van der Waals surface area contributed by atoms with E-state index in [1.807, 2.05) is 0 Å². The first-order valence-corrected chi connectivity index (χ1v) is 6.52. The van der Waals surface area contributed by atoms with Crippen molar-refractivity contribution in [1.82, 2.24) is 9.55 Å². The molecule has 10 heteroatoms. The van der Waals surface area contributed by atoms with Gasteiger partial charge in [-0.05, 0) is 36.1 Å². The van der Waals surface area contributed by atoms with Crippen LogP contribution in [0.1, 0.15) is 6.92 Å². The Morgan fingerprint density at radius 2 is 2.04 bits per heavy atom. The highest BCUT2D eigenvalue weighted by Gasteiger charge is 2.36. The number of aromatic nitrogens is 2. The molecule has 0 radical (unpaired) electrons. The molecule has 0 amide bonds. The molecule has 1 aliphatic heterocycles. The third-order valence-electron chi connectivity index (χ3n) is 3.19. The average Bonchev–Trinajstić information content (AvgIpc) is 2.94. The van der Waals surface area contributed by atoms with Crippen molar-refractivity contribution in [1.29, 1.82) is 0 Å². The summed E-state index contributed by atoms with van der Waals surface area (Å²) in [5.74, 6) is -0.814. The minimum Gasteiger partial charge on any atom is -0.441 e. The highest BCUT2D eigenvalue weighted by atomic mass is 19.4. The number of nitrogens with zero attached hydrogens (tertiary/aromatic N) is 3. The van der Waals surface area contributed by atoms with E-state index in [4.69, 9.17) is 4.74 Å². The molecular weight excluding hydrogens is 319 g/mol. The van der Waals surface area contributed by atoms with Crippen LogP contribution in [0, 0.1) is 10.1 Å². The Balaban J connectivity index is 2.00. The molecular formula is C13H10F3N3O4. The lowest BCUT2D eigenvalue weighted by Gasteiger charge is -2.09. The molecule has 0 saturated heterocycles. The number of ether oxygens (including phenoxy) is 2. The van der Waals surface area contributed by atoms with Crippen molar-refractivity contribution in [3.8, 4) is 23.0 Å². The van der Waals surface area contributed by atoms with Crippen LogP contribution in [-0.2, 0) is 6.54 Å². The van der Waals surface area contributed by atoms with E-state index in [1.165, 1.54) is 16.7 Å². The van der Waals surface area contributed by atoms with Gasteiger partial charge in [0.15, 0.2) is 5.69 Å². The molecule has 0 N–H and O–H groups in total. The number of halogens is 3. The summed E-state index contributed by atoms with van der Waals surface area (Å²) in [5.41, 5.74) is 0.538. The fourth-order valence-electron chi connectivity index (χ4n) is 2.38. The predicted octanol–water partition coefficient (Wildman–Crippen LogP) is 3.14. The minimum absolute atomic E-state index is 0.120. The predicted molar refractivity (Wildman–Crippen MR) is 71.1 cm³/mol. The molecule has 1 atom stereocenters. The highest BCUT2D eigenvalue weighted by molar-refractivity contribution is 5.70. The number of benzene rings is 1. The Hall–Kier alpha value is -2.78. The van der Waals surface area contributed by atoms with Gasteiger partial charge in [0, 0.05) is 10.5 Å². The highest BCUT2D eigenvalue weighted by Crippen LogP contribution is 2.38. The molecule has 2 aromatic rings. The third kappa shape index (κ3) is 2.91. The van der Waals surface area contributed by atoms with Crippen molar-refractivity contribution in [2.75, 3.05) is 0 Å². The van der Waals surface area contributed by atoms with E-state index in [0.717, 1.165) is 12.1 Å². The monoisotopic (exact) mass is 329 g/mol. The zero-order valence-electron chi connectivity index (χ0n) is 11.7. The standard InChI is InChI=1S/C13H10F3N3O4/c1-7-6-18-10(11(19(20)21)17-12(18)22-7)8-2-4-9(5-3-8)23-13(14,15)16/h2-5,7H,6H2,1H3. The van der Waals surface area contributed by atoms with E-state index in [2.05, 4.69) is 9.72 Å². The van der Waals surface area contributed by atoms with Gasteiger partial charge >= 0.3 is 18.2 Å². The maximum atomic E-state index is 12.2. The number of alkyl halides is 3. The van der Waals surface area contributed by atoms with Crippen LogP contribution < -0.4 is 9.47 Å². The van der Waals surface area contributed by atoms with Gasteiger partial charge in [-0.25, -0.2) is 0 Å². The van der Waals surface area contributed by atoms with Crippen LogP contribution in [0.25, 0.3) is 11.3 Å². The van der Waals surface area contributed by atoms with Crippen LogP contribution in [0.4, 0.5) is 19.0 Å². The van der Waals surface area contributed by atoms with Crippen molar-refractivity contribution in [3.63, 3.8) is 0 Å². The van der Waals surface area contributed by atoms with Crippen LogP contribution in [0.3, 0.4) is 0 Å². The molecule has 0 saturated carbocycles. The molecule has 1 aromatic carbocycles. The zero-order valence-corrected chi connectivity index (χ0v) is 11.7. The zero-order chi connectivity index (χ0) is 16.8. The summed E-state index contributed by atoms with van der Waals surface area (Å²) in [5, 5.41) is 11.1. The molecule has 0 spiro atoms. The second-order valence-corrected chi connectivity index (χ2v) is 4.93. The van der Waals surface area contributed by atoms with Gasteiger partial charge in [0.2, 0.25) is 0 Å². The smallest absolute Gasteiger partial charge is 0.441 e. The van der Waals surface area contributed by atoms with E-state index in [-0.39, 0.29) is 17.8 Å². The maximum absolute atomic E-state index is 12.2. The lowest BCUT2D eigenvalue weighted by Crippen LogP contribution is -2.17. The van der Waals surface area contributed by atoms with Crippen LogP contribution in [0.2, 0.25) is 0 Å². The maximum Gasteiger partial charge on any atom is 0.573 e. The first-order chi connectivity index (χ1) is 10.7. The van der Waals surface area contributed by atoms with Crippen LogP contribution in [0.5, 0.6) is 11.8 Å². The fraction of sp³-hybridized carbons (Fsp3) is 0.308. The van der Waals surface area contributed by atoms with Gasteiger partial charge in [0.05, 0.1) is 6.54 Å². The quantitative estimate of drug-likeness (QED) is 0.638. The summed E-state index contributed by atoms with van der Waals surface area (Å²) < 4.78 is 47.2. The molecule has 7 nitrogen and oxygen atoms in total. The van der Waals surface area contributed by atoms with E-state index in [0.29, 0.717) is 12.1 Å². The number of fused-ring (bicyclic) bond motifs is 1. The molecule has 2 heterocycles. The van der Waals surface area contributed by atoms with Crippen molar-refractivity contribution in [2.24, 2.45) is 0 Å². The summed E-state index contributed by atoms with van der Waals surface area (Å²) in [7, 11) is 0. The van der Waals surface area contributed by atoms with E-state index >= 15 is 0 Å². The molecule has 1 unspecified atom stereocenters. The van der Waals surface area contributed by atoms with Gasteiger partial charge < -0.3 is 19.6 Å². The lowest BCUT2D eigenvalue weighted by molar-refractivity contribution is -0.388. The Morgan fingerprint density at radius 1 is 1.39 bits per heavy atom. The molecule has 0 aliphatic carbocycles. The number of hydrogen-bond acceptors (Lipinski definition) is 5. The molecule has 0 bridgehead atoms. The van der Waals surface area contributed by atoms with Crippen LogP contribution >= 0.6 is 0 Å². The van der Waals surface area contributed by atoms with E-state index in [1.54, 1.807) is 6.92 Å². The topological polar surface area (TPSA) is 79.4 Å². The van der Waals surface area contributed by atoms with Crippen molar-refractivity contribution < 1.29 is 27.6 Å². The normalized spacial score (nSPS) is 16.8. The molecule has 1 aliphatic rings. The lowest BCUT2D eigenvalue weighted by atomic mass is 10.1. The SMILES string of the molecule is CC1Cn2c(nc([N+](=O)[O-])c2-c2ccc(OC(F)(F)F)cc2)O1. The number of nitro groups is 1. The molecule has 3 rings (SSSR count). The molecule has 23 heavy (non-hydrogen) atoms. The van der Waals surface area contributed by atoms with Gasteiger partial charge in [-0.15, -0.1) is 13.2 Å². The summed E-state index contributed by atoms with van der Waals surface area (Å²) in [6, 6.07) is 4.91. The molecule has 122 valence electrons. The Morgan fingerprint density at radius 3 is 2.61 bits per heavy atom. The van der Waals surface area contributed by atoms with E-state index in [9.17, 15) is 23.3 Å². The first-order valence-electron chi connectivity index (χ1n) is 6.52. The van der Waals surface area contributed by atoms with Gasteiger partial charge in [0.1, 0.15) is 11.9 Å². The third-order valence-corrected chi connectivity index (χ3v) is 3.19. The first kappa shape index (κ1) is 15.1. The Labute approximate surface area is 127 Å². The van der Waals surface area contributed by atoms with Gasteiger partial charge in [-0.2, -0.15) is 0 Å². The number of hydrogen-bond donors (Lipinski definition) is 0. The van der Waals surface area contributed by atoms with Crippen LogP contribution in [0.15, 0.2) is 24.3 Å². The van der Waals surface area contributed by atoms with Crippen molar-refractivity contribution in [2.45, 2.75) is 25.9 Å². The summed E-state index contributed by atoms with van der Waals surface area (Å²) in [6.45, 7) is 2.15. The summed E-state index contributed by atoms with van der Waals surface area (Å²) >= 11 is 0. The number of imidazole rings is 1. The minimum atomic E-state index is -4.80. The van der Waals surface area contributed by atoms with E-state index < -0.39 is 22.9 Å². The average molecular weight is 329 g/mol. The second kappa shape index (κ2) is 5.14. The van der Waals surface area contributed by atoms with Crippen LogP contribution in [-0.4, -0.2) is 26.9 Å². The molecule has 1 aromatic heterocycles.